The van der Waals surface area contributed by atoms with Gasteiger partial charge in [-0.3, -0.25) is 4.90 Å². The number of anilines is 1. The van der Waals surface area contributed by atoms with Crippen LogP contribution < -0.4 is 5.32 Å². The van der Waals surface area contributed by atoms with E-state index in [4.69, 9.17) is 0 Å². The fourth-order valence-electron chi connectivity index (χ4n) is 5.01. The van der Waals surface area contributed by atoms with E-state index in [1.807, 2.05) is 0 Å². The van der Waals surface area contributed by atoms with Gasteiger partial charge in [-0.15, -0.1) is 0 Å². The zero-order valence-corrected chi connectivity index (χ0v) is 19.7. The summed E-state index contributed by atoms with van der Waals surface area (Å²) in [6, 6.07) is 20.5. The summed E-state index contributed by atoms with van der Waals surface area (Å²) in [5, 5.41) is 3.87. The van der Waals surface area contributed by atoms with Crippen molar-refractivity contribution in [3.63, 3.8) is 0 Å². The largest absolute Gasteiger partial charge is 0.380 e. The lowest BCUT2D eigenvalue weighted by Gasteiger charge is -2.48. The van der Waals surface area contributed by atoms with E-state index in [0.29, 0.717) is 6.04 Å². The lowest BCUT2D eigenvalue weighted by molar-refractivity contribution is 0.0571. The molecule has 1 atom stereocenters. The zero-order valence-electron chi connectivity index (χ0n) is 19.7. The third kappa shape index (κ3) is 5.88. The van der Waals surface area contributed by atoms with E-state index in [1.54, 1.807) is 0 Å². The fraction of sp³-hybridized carbons (Fsp3) is 0.556. The molecule has 2 fully saturated rings. The molecule has 0 amide bonds. The van der Waals surface area contributed by atoms with E-state index in [9.17, 15) is 0 Å². The van der Waals surface area contributed by atoms with Gasteiger partial charge in [0.1, 0.15) is 0 Å². The summed E-state index contributed by atoms with van der Waals surface area (Å²) in [6.07, 6.45) is 3.62. The quantitative estimate of drug-likeness (QED) is 0.720. The third-order valence-electron chi connectivity index (χ3n) is 7.41. The van der Waals surface area contributed by atoms with Crippen molar-refractivity contribution in [2.75, 3.05) is 51.6 Å². The average Bonchev–Trinajstić information content (AvgIpc) is 2.78. The van der Waals surface area contributed by atoms with Crippen LogP contribution in [0, 0.1) is 0 Å². The second-order valence-electron chi connectivity index (χ2n) is 9.99. The smallest absolute Gasteiger partial charge is 0.0440 e. The number of piperazine rings is 1. The van der Waals surface area contributed by atoms with Crippen LogP contribution in [0.2, 0.25) is 0 Å². The standard InChI is InChI=1S/C27H40N4/c1-27(2)26(10-7-16-31(27)22-24-8-5-4-6-9-24)28-25-13-11-23(12-14-25)15-17-30-20-18-29(3)19-21-30/h4-6,8-9,11-14,26,28H,7,10,15-22H2,1-3H3/t26-/m1/s1. The normalized spacial score (nSPS) is 23.0. The van der Waals surface area contributed by atoms with Gasteiger partial charge in [-0.1, -0.05) is 42.5 Å². The average molecular weight is 421 g/mol. The van der Waals surface area contributed by atoms with E-state index < -0.39 is 0 Å². The first-order chi connectivity index (χ1) is 15.0. The summed E-state index contributed by atoms with van der Waals surface area (Å²) in [7, 11) is 2.22. The minimum atomic E-state index is 0.119. The van der Waals surface area contributed by atoms with Crippen molar-refractivity contribution in [2.45, 2.75) is 51.2 Å². The molecule has 0 saturated carbocycles. The number of benzene rings is 2. The first-order valence-corrected chi connectivity index (χ1v) is 12.1. The van der Waals surface area contributed by atoms with Crippen LogP contribution in [0.4, 0.5) is 5.69 Å². The highest BCUT2D eigenvalue weighted by atomic mass is 15.2. The Hall–Kier alpha value is -1.88. The molecule has 31 heavy (non-hydrogen) atoms. The molecule has 4 nitrogen and oxygen atoms in total. The van der Waals surface area contributed by atoms with Crippen molar-refractivity contribution in [2.24, 2.45) is 0 Å². The molecule has 0 spiro atoms. The molecule has 2 heterocycles. The number of nitrogens with one attached hydrogen (secondary N) is 1. The van der Waals surface area contributed by atoms with Gasteiger partial charge in [-0.25, -0.2) is 0 Å². The highest BCUT2D eigenvalue weighted by Crippen LogP contribution is 2.32. The first kappa shape index (κ1) is 22.3. The van der Waals surface area contributed by atoms with Crippen LogP contribution in [0.3, 0.4) is 0 Å². The van der Waals surface area contributed by atoms with E-state index in [1.165, 1.54) is 68.9 Å². The highest BCUT2D eigenvalue weighted by molar-refractivity contribution is 5.46. The number of nitrogens with zero attached hydrogens (tertiary/aromatic N) is 3. The van der Waals surface area contributed by atoms with E-state index in [2.05, 4.69) is 95.5 Å². The molecule has 0 unspecified atom stereocenters. The van der Waals surface area contributed by atoms with E-state index in [0.717, 1.165) is 13.0 Å². The van der Waals surface area contributed by atoms with Crippen molar-refractivity contribution in [1.29, 1.82) is 0 Å². The number of likely N-dealkylation sites (N-methyl/N-ethyl adjacent to an activating group) is 1. The van der Waals surface area contributed by atoms with Crippen molar-refractivity contribution in [1.82, 2.24) is 14.7 Å². The SMILES string of the molecule is CN1CCN(CCc2ccc(N[C@@H]3CCCN(Cc4ccccc4)C3(C)C)cc2)CC1. The van der Waals surface area contributed by atoms with Crippen molar-refractivity contribution in [3.05, 3.63) is 65.7 Å². The number of hydrogen-bond donors (Lipinski definition) is 1. The molecule has 2 saturated heterocycles. The van der Waals surface area contributed by atoms with E-state index in [-0.39, 0.29) is 5.54 Å². The Bertz CT molecular complexity index is 794. The Morgan fingerprint density at radius 1 is 0.871 bits per heavy atom. The van der Waals surface area contributed by atoms with Crippen LogP contribution in [0.25, 0.3) is 0 Å². The molecule has 0 aliphatic carbocycles. The maximum Gasteiger partial charge on any atom is 0.0440 e. The predicted molar refractivity (Wildman–Crippen MR) is 132 cm³/mol. The molecular weight excluding hydrogens is 380 g/mol. The molecule has 1 N–H and O–H groups in total. The maximum atomic E-state index is 3.87. The van der Waals surface area contributed by atoms with Gasteiger partial charge in [-0.05, 0) is 70.0 Å². The summed E-state index contributed by atoms with van der Waals surface area (Å²) < 4.78 is 0. The van der Waals surface area contributed by atoms with Crippen molar-refractivity contribution < 1.29 is 0 Å². The summed E-state index contributed by atoms with van der Waals surface area (Å²) in [5.41, 5.74) is 4.22. The highest BCUT2D eigenvalue weighted by Gasteiger charge is 2.38. The molecule has 4 rings (SSSR count). The van der Waals surface area contributed by atoms with Crippen LogP contribution in [0.1, 0.15) is 37.8 Å². The van der Waals surface area contributed by atoms with Crippen LogP contribution >= 0.6 is 0 Å². The molecule has 2 aliphatic rings. The van der Waals surface area contributed by atoms with Gasteiger partial charge in [0.25, 0.3) is 0 Å². The monoisotopic (exact) mass is 420 g/mol. The molecule has 2 aromatic rings. The molecule has 4 heteroatoms. The molecule has 0 aromatic heterocycles. The summed E-state index contributed by atoms with van der Waals surface area (Å²) >= 11 is 0. The van der Waals surface area contributed by atoms with Crippen LogP contribution in [-0.2, 0) is 13.0 Å². The minimum Gasteiger partial charge on any atom is -0.380 e. The van der Waals surface area contributed by atoms with Gasteiger partial charge >= 0.3 is 0 Å². The lowest BCUT2D eigenvalue weighted by Crippen LogP contribution is -2.58. The van der Waals surface area contributed by atoms with E-state index >= 15 is 0 Å². The Morgan fingerprint density at radius 2 is 1.58 bits per heavy atom. The topological polar surface area (TPSA) is 21.8 Å². The number of rotatable bonds is 7. The molecule has 0 radical (unpaired) electrons. The summed E-state index contributed by atoms with van der Waals surface area (Å²) in [5.74, 6) is 0. The van der Waals surface area contributed by atoms with Crippen molar-refractivity contribution >= 4 is 5.69 Å². The van der Waals surface area contributed by atoms with Gasteiger partial charge in [0.15, 0.2) is 0 Å². The van der Waals surface area contributed by atoms with Gasteiger partial charge in [-0.2, -0.15) is 0 Å². The first-order valence-electron chi connectivity index (χ1n) is 12.1. The molecule has 0 bridgehead atoms. The van der Waals surface area contributed by atoms with Crippen LogP contribution in [-0.4, -0.2) is 72.6 Å². The zero-order chi connectivity index (χ0) is 21.7. The van der Waals surface area contributed by atoms with Gasteiger partial charge in [0, 0.05) is 56.5 Å². The Morgan fingerprint density at radius 3 is 2.29 bits per heavy atom. The second-order valence-corrected chi connectivity index (χ2v) is 9.99. The van der Waals surface area contributed by atoms with Crippen LogP contribution in [0.5, 0.6) is 0 Å². The van der Waals surface area contributed by atoms with Gasteiger partial charge < -0.3 is 15.1 Å². The summed E-state index contributed by atoms with van der Waals surface area (Å²) in [4.78, 5) is 7.66. The Labute approximate surface area is 189 Å². The third-order valence-corrected chi connectivity index (χ3v) is 7.41. The number of likely N-dealkylation sites (tertiary alicyclic amines) is 1. The van der Waals surface area contributed by atoms with Gasteiger partial charge in [0.2, 0.25) is 0 Å². The molecule has 2 aliphatic heterocycles. The maximum absolute atomic E-state index is 3.87. The lowest BCUT2D eigenvalue weighted by atomic mass is 9.84. The van der Waals surface area contributed by atoms with Crippen molar-refractivity contribution in [3.8, 4) is 0 Å². The number of piperidine rings is 1. The number of hydrogen-bond acceptors (Lipinski definition) is 4. The second kappa shape index (κ2) is 10.2. The summed E-state index contributed by atoms with van der Waals surface area (Å²) in [6.45, 7) is 13.0. The predicted octanol–water partition coefficient (Wildman–Crippen LogP) is 4.33. The molecule has 168 valence electrons. The molecular formula is C27H40N4. The Balaban J connectivity index is 1.31. The Kier molecular flexibility index (Phi) is 7.31. The minimum absolute atomic E-state index is 0.119. The van der Waals surface area contributed by atoms with Crippen LogP contribution in [0.15, 0.2) is 54.6 Å². The van der Waals surface area contributed by atoms with Gasteiger partial charge in [0.05, 0.1) is 0 Å². The fourth-order valence-corrected chi connectivity index (χ4v) is 5.01. The molecule has 2 aromatic carbocycles.